The number of aryl methyl sites for hydroxylation is 1. The monoisotopic (exact) mass is 597 g/mol. The zero-order valence-corrected chi connectivity index (χ0v) is 26.7. The highest BCUT2D eigenvalue weighted by molar-refractivity contribution is 6.33. The first-order valence-electron chi connectivity index (χ1n) is 13.9. The van der Waals surface area contributed by atoms with E-state index in [0.717, 1.165) is 22.4 Å². The molecule has 5 N–H and O–H groups in total. The van der Waals surface area contributed by atoms with Crippen LogP contribution in [-0.4, -0.2) is 48.3 Å². The normalized spacial score (nSPS) is 15.9. The first-order valence-corrected chi connectivity index (χ1v) is 14.3. The van der Waals surface area contributed by atoms with E-state index in [0.29, 0.717) is 21.6 Å². The average molecular weight is 598 g/mol. The number of hydrogen-bond acceptors (Lipinski definition) is 6. The number of halogens is 2. The van der Waals surface area contributed by atoms with Crippen molar-refractivity contribution in [1.82, 2.24) is 20.5 Å². The summed E-state index contributed by atoms with van der Waals surface area (Å²) in [5.74, 6) is -0.811. The lowest BCUT2D eigenvalue weighted by atomic mass is 9.98. The fourth-order valence-electron chi connectivity index (χ4n) is 4.21. The third-order valence-electron chi connectivity index (χ3n) is 6.20. The number of aliphatic hydroxyl groups is 1. The van der Waals surface area contributed by atoms with Crippen molar-refractivity contribution in [3.8, 4) is 11.3 Å². The number of nitrogens with zero attached hydrogens (tertiary/aromatic N) is 2. The van der Waals surface area contributed by atoms with Crippen molar-refractivity contribution in [3.05, 3.63) is 94.0 Å². The number of carbonyl (C=O) groups excluding carboxylic acids is 1. The molecule has 42 heavy (non-hydrogen) atoms. The van der Waals surface area contributed by atoms with Crippen molar-refractivity contribution in [2.75, 3.05) is 27.4 Å². The zero-order chi connectivity index (χ0) is 31.6. The third-order valence-corrected chi connectivity index (χ3v) is 6.53. The Morgan fingerprint density at radius 1 is 1.24 bits per heavy atom. The molecule has 4 rings (SSSR count). The summed E-state index contributed by atoms with van der Waals surface area (Å²) in [6.07, 6.45) is 3.10. The van der Waals surface area contributed by atoms with Crippen LogP contribution in [0.4, 0.5) is 4.39 Å². The Morgan fingerprint density at radius 3 is 2.43 bits per heavy atom. The van der Waals surface area contributed by atoms with Gasteiger partial charge >= 0.3 is 0 Å². The molecule has 2 aromatic carbocycles. The summed E-state index contributed by atoms with van der Waals surface area (Å²) < 4.78 is 14.9. The van der Waals surface area contributed by atoms with Crippen LogP contribution in [0.1, 0.15) is 69.0 Å². The number of benzene rings is 2. The molecule has 2 heterocycles. The Kier molecular flexibility index (Phi) is 13.1. The minimum Gasteiger partial charge on any atom is -0.404 e. The molecule has 1 aliphatic rings. The van der Waals surface area contributed by atoms with Crippen LogP contribution in [0, 0.1) is 18.2 Å². The molecular formula is C33H45ClFN5O2. The van der Waals surface area contributed by atoms with Crippen LogP contribution < -0.4 is 16.4 Å². The maximum absolute atomic E-state index is 14.9. The van der Waals surface area contributed by atoms with Gasteiger partial charge in [0.1, 0.15) is 11.9 Å². The molecule has 0 aliphatic carbocycles. The van der Waals surface area contributed by atoms with Gasteiger partial charge in [-0.1, -0.05) is 63.6 Å². The molecule has 0 spiro atoms. The van der Waals surface area contributed by atoms with Gasteiger partial charge in [-0.15, -0.1) is 0 Å². The SMILES string of the molecule is C/C(=C\N)c1ccc([C@H]2NCN([C@H](CO)c3ccc(Cl)c(-c4ncccc4C)c3)C2=O)c(F)c1.CC(C)(C)C.CNC. The smallest absolute Gasteiger partial charge is 0.246 e. The van der Waals surface area contributed by atoms with Crippen molar-refractivity contribution in [2.24, 2.45) is 11.1 Å². The standard InChI is InChI=1S/C26H26ClFN4O2.C5H12.C2H7N/c1-15-4-3-9-30-24(15)20-10-18(6-8-21(20)27)23(13-33)32-14-31-25(26(32)34)19-7-5-17(11-22(19)28)16(2)12-29;1-5(2,3)4;1-3-2/h3-12,23,25,31,33H,13-14,29H2,1-2H3;1-4H3;3H,1-2H3/b16-12+;;/t23-,25-;;/m1../s1. The average Bonchev–Trinajstić information content (AvgIpc) is 3.30. The van der Waals surface area contributed by atoms with E-state index in [1.54, 1.807) is 37.4 Å². The van der Waals surface area contributed by atoms with Crippen molar-refractivity contribution in [1.29, 1.82) is 0 Å². The van der Waals surface area contributed by atoms with Crippen LogP contribution in [-0.2, 0) is 4.79 Å². The van der Waals surface area contributed by atoms with E-state index in [-0.39, 0.29) is 24.7 Å². The van der Waals surface area contributed by atoms with Gasteiger partial charge in [-0.3, -0.25) is 15.1 Å². The number of nitrogens with two attached hydrogens (primary N) is 1. The summed E-state index contributed by atoms with van der Waals surface area (Å²) in [4.78, 5) is 19.3. The first-order chi connectivity index (χ1) is 19.8. The van der Waals surface area contributed by atoms with Crippen LogP contribution in [0.15, 0.2) is 60.9 Å². The lowest BCUT2D eigenvalue weighted by Crippen LogP contribution is -2.33. The number of aliphatic hydroxyl groups excluding tert-OH is 1. The van der Waals surface area contributed by atoms with Crippen LogP contribution in [0.5, 0.6) is 0 Å². The topological polar surface area (TPSA) is 104 Å². The van der Waals surface area contributed by atoms with Gasteiger partial charge < -0.3 is 21.1 Å². The summed E-state index contributed by atoms with van der Waals surface area (Å²) in [6, 6.07) is 12.4. The number of hydrogen-bond donors (Lipinski definition) is 4. The molecule has 0 bridgehead atoms. The Labute approximate surface area is 255 Å². The third kappa shape index (κ3) is 9.36. The van der Waals surface area contributed by atoms with Crippen molar-refractivity contribution in [3.63, 3.8) is 0 Å². The highest BCUT2D eigenvalue weighted by Gasteiger charge is 2.38. The van der Waals surface area contributed by atoms with E-state index in [2.05, 4.69) is 43.3 Å². The molecule has 3 aromatic rings. The van der Waals surface area contributed by atoms with Gasteiger partial charge in [0.05, 0.1) is 25.0 Å². The number of allylic oxidation sites excluding steroid dienone is 1. The Bertz CT molecular complexity index is 1370. The van der Waals surface area contributed by atoms with Crippen molar-refractivity contribution >= 4 is 23.1 Å². The predicted octanol–water partition coefficient (Wildman–Crippen LogP) is 6.22. The fourth-order valence-corrected chi connectivity index (χ4v) is 4.42. The number of amides is 1. The second kappa shape index (κ2) is 15.8. The molecule has 1 fully saturated rings. The molecule has 228 valence electrons. The Balaban J connectivity index is 0.000000686. The second-order valence-corrected chi connectivity index (χ2v) is 12.2. The highest BCUT2D eigenvalue weighted by Crippen LogP contribution is 2.35. The van der Waals surface area contributed by atoms with Gasteiger partial charge in [-0.05, 0) is 86.1 Å². The van der Waals surface area contributed by atoms with Crippen LogP contribution in [0.3, 0.4) is 0 Å². The lowest BCUT2D eigenvalue weighted by Gasteiger charge is -2.27. The molecule has 1 amide bonds. The largest absolute Gasteiger partial charge is 0.404 e. The summed E-state index contributed by atoms with van der Waals surface area (Å²) in [6.45, 7) is 12.3. The van der Waals surface area contributed by atoms with E-state index in [1.165, 1.54) is 17.2 Å². The minimum absolute atomic E-state index is 0.165. The molecule has 0 saturated carbocycles. The van der Waals surface area contributed by atoms with Crippen LogP contribution in [0.25, 0.3) is 16.8 Å². The van der Waals surface area contributed by atoms with Gasteiger partial charge in [0.2, 0.25) is 5.91 Å². The predicted molar refractivity (Wildman–Crippen MR) is 171 cm³/mol. The van der Waals surface area contributed by atoms with Gasteiger partial charge in [-0.25, -0.2) is 4.39 Å². The Hall–Kier alpha value is -3.30. The Morgan fingerprint density at radius 2 is 1.88 bits per heavy atom. The van der Waals surface area contributed by atoms with Crippen molar-refractivity contribution < 1.29 is 14.3 Å². The van der Waals surface area contributed by atoms with Crippen molar-refractivity contribution in [2.45, 2.75) is 53.6 Å². The highest BCUT2D eigenvalue weighted by atomic mass is 35.5. The van der Waals surface area contributed by atoms with Crippen LogP contribution >= 0.6 is 11.6 Å². The van der Waals surface area contributed by atoms with Gasteiger partial charge in [0, 0.05) is 22.3 Å². The molecular weight excluding hydrogens is 553 g/mol. The van der Waals surface area contributed by atoms with Gasteiger partial charge in [-0.2, -0.15) is 0 Å². The van der Waals surface area contributed by atoms with E-state index in [9.17, 15) is 14.3 Å². The molecule has 0 radical (unpaired) electrons. The summed E-state index contributed by atoms with van der Waals surface area (Å²) in [5, 5.41) is 16.6. The number of rotatable bonds is 6. The maximum Gasteiger partial charge on any atom is 0.246 e. The van der Waals surface area contributed by atoms with E-state index in [4.69, 9.17) is 17.3 Å². The number of carbonyl (C=O) groups is 1. The van der Waals surface area contributed by atoms with Crippen LogP contribution in [0.2, 0.25) is 5.02 Å². The second-order valence-electron chi connectivity index (χ2n) is 11.8. The van der Waals surface area contributed by atoms with Gasteiger partial charge in [0.15, 0.2) is 0 Å². The maximum atomic E-state index is 14.9. The quantitative estimate of drug-likeness (QED) is 0.269. The van der Waals surface area contributed by atoms with Gasteiger partial charge in [0.25, 0.3) is 0 Å². The summed E-state index contributed by atoms with van der Waals surface area (Å²) >= 11 is 6.46. The fraction of sp³-hybridized carbons (Fsp3) is 0.394. The molecule has 0 unspecified atom stereocenters. The van der Waals surface area contributed by atoms with E-state index < -0.39 is 17.9 Å². The minimum atomic E-state index is -0.852. The lowest BCUT2D eigenvalue weighted by molar-refractivity contribution is -0.132. The van der Waals surface area contributed by atoms with E-state index in [1.807, 2.05) is 39.2 Å². The summed E-state index contributed by atoms with van der Waals surface area (Å²) in [5.41, 5.74) is 10.8. The molecule has 7 nitrogen and oxygen atoms in total. The number of nitrogens with one attached hydrogen (secondary N) is 2. The number of pyridine rings is 1. The number of aromatic nitrogens is 1. The molecule has 1 saturated heterocycles. The molecule has 9 heteroatoms. The first kappa shape index (κ1) is 34.9. The molecule has 1 aromatic heterocycles. The molecule has 2 atom stereocenters. The van der Waals surface area contributed by atoms with E-state index >= 15 is 0 Å². The zero-order valence-electron chi connectivity index (χ0n) is 25.9. The molecule has 1 aliphatic heterocycles. The summed E-state index contributed by atoms with van der Waals surface area (Å²) in [7, 11) is 3.75.